The van der Waals surface area contributed by atoms with Crippen molar-refractivity contribution in [1.82, 2.24) is 4.90 Å². The highest BCUT2D eigenvalue weighted by Crippen LogP contribution is 2.27. The lowest BCUT2D eigenvalue weighted by molar-refractivity contribution is 0.0790. The maximum absolute atomic E-state index is 12.5. The summed E-state index contributed by atoms with van der Waals surface area (Å²) in [5, 5.41) is 0.107. The highest BCUT2D eigenvalue weighted by atomic mass is 35.5. The molecule has 98 valence electrons. The average Bonchev–Trinajstić information content (AvgIpc) is 2.74. The van der Waals surface area contributed by atoms with E-state index < -0.39 is 0 Å². The van der Waals surface area contributed by atoms with E-state index in [-0.39, 0.29) is 16.7 Å². The molecule has 1 saturated heterocycles. The first-order chi connectivity index (χ1) is 8.39. The van der Waals surface area contributed by atoms with Crippen LogP contribution in [0.2, 0.25) is 0 Å². The van der Waals surface area contributed by atoms with Gasteiger partial charge in [0, 0.05) is 18.7 Å². The molecule has 1 fully saturated rings. The highest BCUT2D eigenvalue weighted by Gasteiger charge is 2.28. The molecule has 1 atom stereocenters. The summed E-state index contributed by atoms with van der Waals surface area (Å²) in [5.74, 6) is 0.115. The summed E-state index contributed by atoms with van der Waals surface area (Å²) in [7, 11) is 0. The van der Waals surface area contributed by atoms with E-state index in [4.69, 9.17) is 11.6 Å². The lowest BCUT2D eigenvalue weighted by Crippen LogP contribution is -2.31. The summed E-state index contributed by atoms with van der Waals surface area (Å²) in [6, 6.07) is 7.88. The Bertz CT molecular complexity index is 450. The number of hydrogen-bond donors (Lipinski definition) is 0. The fourth-order valence-corrected chi connectivity index (χ4v) is 2.66. The van der Waals surface area contributed by atoms with Gasteiger partial charge in [-0.25, -0.2) is 0 Å². The summed E-state index contributed by atoms with van der Waals surface area (Å²) in [6.07, 6.45) is 0.894. The van der Waals surface area contributed by atoms with Crippen molar-refractivity contribution < 1.29 is 4.79 Å². The number of alkyl halides is 1. The maximum Gasteiger partial charge on any atom is 0.254 e. The van der Waals surface area contributed by atoms with Gasteiger partial charge in [0.05, 0.1) is 5.38 Å². The van der Waals surface area contributed by atoms with E-state index in [1.807, 2.05) is 29.2 Å². The molecule has 1 unspecified atom stereocenters. The molecule has 0 bridgehead atoms. The zero-order chi connectivity index (χ0) is 13.3. The van der Waals surface area contributed by atoms with Gasteiger partial charge in [-0.3, -0.25) is 4.79 Å². The van der Waals surface area contributed by atoms with E-state index in [2.05, 4.69) is 20.8 Å². The van der Waals surface area contributed by atoms with Crippen molar-refractivity contribution in [2.45, 2.75) is 38.0 Å². The maximum atomic E-state index is 12.5. The fraction of sp³-hybridized carbons (Fsp3) is 0.533. The second kappa shape index (κ2) is 4.93. The third-order valence-electron chi connectivity index (χ3n) is 3.38. The Kier molecular flexibility index (Phi) is 3.67. The Morgan fingerprint density at radius 1 is 1.33 bits per heavy atom. The first kappa shape index (κ1) is 13.4. The number of hydrogen-bond acceptors (Lipinski definition) is 1. The van der Waals surface area contributed by atoms with E-state index in [0.717, 1.165) is 24.1 Å². The van der Waals surface area contributed by atoms with Crippen LogP contribution < -0.4 is 0 Å². The SMILES string of the molecule is CC(C)(C)c1ccccc1C(=O)N1CCC(Cl)C1. The summed E-state index contributed by atoms with van der Waals surface area (Å²) >= 11 is 6.07. The van der Waals surface area contributed by atoms with Crippen molar-refractivity contribution >= 4 is 17.5 Å². The summed E-state index contributed by atoms with van der Waals surface area (Å²) in [4.78, 5) is 14.4. The predicted molar refractivity (Wildman–Crippen MR) is 75.3 cm³/mol. The molecule has 0 radical (unpaired) electrons. The Hall–Kier alpha value is -1.02. The molecule has 3 heteroatoms. The highest BCUT2D eigenvalue weighted by molar-refractivity contribution is 6.21. The molecule has 0 saturated carbocycles. The summed E-state index contributed by atoms with van der Waals surface area (Å²) in [6.45, 7) is 7.83. The third kappa shape index (κ3) is 2.69. The molecule has 1 amide bonds. The van der Waals surface area contributed by atoms with Crippen molar-refractivity contribution in [3.05, 3.63) is 35.4 Å². The van der Waals surface area contributed by atoms with Gasteiger partial charge >= 0.3 is 0 Å². The molecule has 1 aromatic rings. The van der Waals surface area contributed by atoms with Gasteiger partial charge < -0.3 is 4.90 Å². The summed E-state index contributed by atoms with van der Waals surface area (Å²) < 4.78 is 0. The molecule has 1 heterocycles. The molecule has 0 spiro atoms. The molecule has 1 aliphatic heterocycles. The van der Waals surface area contributed by atoms with E-state index in [9.17, 15) is 4.79 Å². The van der Waals surface area contributed by atoms with E-state index >= 15 is 0 Å². The molecule has 1 aromatic carbocycles. The van der Waals surface area contributed by atoms with Gasteiger partial charge in [-0.05, 0) is 23.5 Å². The molecule has 18 heavy (non-hydrogen) atoms. The number of amides is 1. The number of carbonyl (C=O) groups excluding carboxylic acids is 1. The minimum atomic E-state index is -0.0215. The minimum absolute atomic E-state index is 0.0215. The Labute approximate surface area is 114 Å². The van der Waals surface area contributed by atoms with Gasteiger partial charge in [0.25, 0.3) is 5.91 Å². The molecule has 2 rings (SSSR count). The van der Waals surface area contributed by atoms with Crippen molar-refractivity contribution in [1.29, 1.82) is 0 Å². The standard InChI is InChI=1S/C15H20ClNO/c1-15(2,3)13-7-5-4-6-12(13)14(18)17-9-8-11(16)10-17/h4-7,11H,8-10H2,1-3H3. The quantitative estimate of drug-likeness (QED) is 0.713. The van der Waals surface area contributed by atoms with Crippen LogP contribution in [0.25, 0.3) is 0 Å². The Balaban J connectivity index is 2.31. The predicted octanol–water partition coefficient (Wildman–Crippen LogP) is 3.44. The molecular formula is C15H20ClNO. The van der Waals surface area contributed by atoms with Crippen LogP contribution in [0.1, 0.15) is 43.1 Å². The van der Waals surface area contributed by atoms with Crippen LogP contribution >= 0.6 is 11.6 Å². The minimum Gasteiger partial charge on any atom is -0.337 e. The summed E-state index contributed by atoms with van der Waals surface area (Å²) in [5.41, 5.74) is 1.90. The monoisotopic (exact) mass is 265 g/mol. The first-order valence-electron chi connectivity index (χ1n) is 6.42. The number of rotatable bonds is 1. The molecule has 0 aliphatic carbocycles. The van der Waals surface area contributed by atoms with Crippen LogP contribution in [0.5, 0.6) is 0 Å². The van der Waals surface area contributed by atoms with Crippen LogP contribution in [0, 0.1) is 0 Å². The largest absolute Gasteiger partial charge is 0.337 e. The zero-order valence-corrected chi connectivity index (χ0v) is 12.0. The second-order valence-corrected chi connectivity index (χ2v) is 6.55. The topological polar surface area (TPSA) is 20.3 Å². The first-order valence-corrected chi connectivity index (χ1v) is 6.86. The lowest BCUT2D eigenvalue weighted by atomic mass is 9.83. The lowest BCUT2D eigenvalue weighted by Gasteiger charge is -2.24. The van der Waals surface area contributed by atoms with Gasteiger partial charge in [0.15, 0.2) is 0 Å². The van der Waals surface area contributed by atoms with Gasteiger partial charge in [0.2, 0.25) is 0 Å². The van der Waals surface area contributed by atoms with Crippen molar-refractivity contribution in [3.8, 4) is 0 Å². The Morgan fingerprint density at radius 2 is 2.00 bits per heavy atom. The van der Waals surface area contributed by atoms with Crippen LogP contribution in [0.3, 0.4) is 0 Å². The normalized spacial score (nSPS) is 20.2. The second-order valence-electron chi connectivity index (χ2n) is 5.93. The number of likely N-dealkylation sites (tertiary alicyclic amines) is 1. The molecular weight excluding hydrogens is 246 g/mol. The molecule has 2 nitrogen and oxygen atoms in total. The number of nitrogens with zero attached hydrogens (tertiary/aromatic N) is 1. The van der Waals surface area contributed by atoms with Crippen LogP contribution in [0.15, 0.2) is 24.3 Å². The molecule has 0 aromatic heterocycles. The van der Waals surface area contributed by atoms with Gasteiger partial charge in [0.1, 0.15) is 0 Å². The third-order valence-corrected chi connectivity index (χ3v) is 3.74. The average molecular weight is 266 g/mol. The van der Waals surface area contributed by atoms with Crippen LogP contribution in [-0.2, 0) is 5.41 Å². The van der Waals surface area contributed by atoms with Gasteiger partial charge in [-0.15, -0.1) is 11.6 Å². The van der Waals surface area contributed by atoms with Crippen LogP contribution in [-0.4, -0.2) is 29.3 Å². The number of carbonyl (C=O) groups is 1. The fourth-order valence-electron chi connectivity index (χ4n) is 2.40. The van der Waals surface area contributed by atoms with Crippen molar-refractivity contribution in [2.24, 2.45) is 0 Å². The van der Waals surface area contributed by atoms with Gasteiger partial charge in [-0.1, -0.05) is 39.0 Å². The van der Waals surface area contributed by atoms with E-state index in [1.54, 1.807) is 0 Å². The number of halogens is 1. The molecule has 0 N–H and O–H groups in total. The van der Waals surface area contributed by atoms with Crippen LogP contribution in [0.4, 0.5) is 0 Å². The Morgan fingerprint density at radius 3 is 2.56 bits per heavy atom. The molecule has 1 aliphatic rings. The number of benzene rings is 1. The zero-order valence-electron chi connectivity index (χ0n) is 11.2. The van der Waals surface area contributed by atoms with Gasteiger partial charge in [-0.2, -0.15) is 0 Å². The smallest absolute Gasteiger partial charge is 0.254 e. The van der Waals surface area contributed by atoms with Crippen molar-refractivity contribution in [3.63, 3.8) is 0 Å². The van der Waals surface area contributed by atoms with E-state index in [1.165, 1.54) is 0 Å². The van der Waals surface area contributed by atoms with Crippen molar-refractivity contribution in [2.75, 3.05) is 13.1 Å². The van der Waals surface area contributed by atoms with E-state index in [0.29, 0.717) is 6.54 Å².